The molecule has 1 heterocycles. The number of hydrogen-bond acceptors (Lipinski definition) is 6. The van der Waals surface area contributed by atoms with Crippen LogP contribution >= 0.6 is 11.6 Å². The molecule has 1 amide bonds. The molecular formula is C19H20ClN3O6S. The van der Waals surface area contributed by atoms with Gasteiger partial charge in [-0.15, -0.1) is 0 Å². The van der Waals surface area contributed by atoms with Gasteiger partial charge in [-0.2, -0.15) is 4.31 Å². The Morgan fingerprint density at radius 1 is 1.17 bits per heavy atom. The molecule has 1 aliphatic heterocycles. The second-order valence-electron chi connectivity index (χ2n) is 6.71. The van der Waals surface area contributed by atoms with Gasteiger partial charge in [0.2, 0.25) is 10.0 Å². The number of carbonyl (C=O) groups excluding carboxylic acids is 1. The molecule has 0 aromatic heterocycles. The van der Waals surface area contributed by atoms with E-state index < -0.39 is 20.9 Å². The number of hydrogen-bond donors (Lipinski definition) is 1. The van der Waals surface area contributed by atoms with Crippen LogP contribution < -0.4 is 10.1 Å². The Kier molecular flexibility index (Phi) is 6.59. The fourth-order valence-corrected chi connectivity index (χ4v) is 5.21. The number of amides is 1. The summed E-state index contributed by atoms with van der Waals surface area (Å²) < 4.78 is 32.4. The minimum Gasteiger partial charge on any atom is -0.495 e. The third-order valence-corrected chi connectivity index (χ3v) is 7.15. The number of nitrogens with zero attached hydrogens (tertiary/aromatic N) is 2. The Morgan fingerprint density at radius 2 is 1.87 bits per heavy atom. The van der Waals surface area contributed by atoms with Crippen molar-refractivity contribution in [3.8, 4) is 5.75 Å². The monoisotopic (exact) mass is 453 g/mol. The van der Waals surface area contributed by atoms with Crippen molar-refractivity contribution in [3.63, 3.8) is 0 Å². The summed E-state index contributed by atoms with van der Waals surface area (Å²) in [5, 5.41) is 13.6. The number of carbonyl (C=O) groups is 1. The van der Waals surface area contributed by atoms with Gasteiger partial charge in [-0.05, 0) is 37.1 Å². The fourth-order valence-electron chi connectivity index (χ4n) is 3.19. The second-order valence-corrected chi connectivity index (χ2v) is 9.02. The van der Waals surface area contributed by atoms with Gasteiger partial charge in [0.25, 0.3) is 11.6 Å². The molecule has 0 atom stereocenters. The number of nitrogens with one attached hydrogen (secondary N) is 1. The molecular weight excluding hydrogens is 434 g/mol. The minimum atomic E-state index is -3.84. The molecule has 1 N–H and O–H groups in total. The molecule has 0 aliphatic carbocycles. The normalized spacial score (nSPS) is 14.9. The molecule has 0 radical (unpaired) electrons. The van der Waals surface area contributed by atoms with Gasteiger partial charge in [-0.1, -0.05) is 18.0 Å². The maximum Gasteiger partial charge on any atom is 0.271 e. The lowest BCUT2D eigenvalue weighted by molar-refractivity contribution is -0.384. The zero-order valence-electron chi connectivity index (χ0n) is 16.1. The summed E-state index contributed by atoms with van der Waals surface area (Å²) in [5.41, 5.74) is -0.0915. The fraction of sp³-hybridized carbons (Fsp3) is 0.316. The smallest absolute Gasteiger partial charge is 0.271 e. The number of methoxy groups -OCH3 is 1. The Balaban J connectivity index is 1.92. The van der Waals surface area contributed by atoms with Gasteiger partial charge in [0.1, 0.15) is 10.6 Å². The van der Waals surface area contributed by atoms with E-state index in [1.54, 1.807) is 0 Å². The molecule has 0 unspecified atom stereocenters. The number of ether oxygens (including phenoxy) is 1. The molecule has 0 saturated carbocycles. The summed E-state index contributed by atoms with van der Waals surface area (Å²) >= 11 is 6.14. The first-order valence-electron chi connectivity index (χ1n) is 9.17. The summed E-state index contributed by atoms with van der Waals surface area (Å²) in [5.74, 6) is -0.426. The first-order chi connectivity index (χ1) is 14.2. The highest BCUT2D eigenvalue weighted by atomic mass is 35.5. The average molecular weight is 454 g/mol. The van der Waals surface area contributed by atoms with Crippen molar-refractivity contribution in [3.05, 3.63) is 57.1 Å². The number of anilines is 1. The highest BCUT2D eigenvalue weighted by Crippen LogP contribution is 2.31. The van der Waals surface area contributed by atoms with Crippen LogP contribution in [0.2, 0.25) is 5.02 Å². The van der Waals surface area contributed by atoms with Crippen molar-refractivity contribution < 1.29 is 22.9 Å². The van der Waals surface area contributed by atoms with Gasteiger partial charge in [0.15, 0.2) is 0 Å². The third kappa shape index (κ3) is 4.55. The average Bonchev–Trinajstić information content (AvgIpc) is 2.74. The lowest BCUT2D eigenvalue weighted by atomic mass is 10.2. The highest BCUT2D eigenvalue weighted by molar-refractivity contribution is 7.89. The van der Waals surface area contributed by atoms with Crippen LogP contribution in [0, 0.1) is 10.1 Å². The number of non-ortho nitro benzene ring substituents is 1. The molecule has 30 heavy (non-hydrogen) atoms. The molecule has 11 heteroatoms. The van der Waals surface area contributed by atoms with Crippen LogP contribution in [-0.2, 0) is 10.0 Å². The van der Waals surface area contributed by atoms with Crippen LogP contribution in [-0.4, -0.2) is 43.8 Å². The summed E-state index contributed by atoms with van der Waals surface area (Å²) in [4.78, 5) is 23.0. The zero-order chi connectivity index (χ0) is 21.9. The third-order valence-electron chi connectivity index (χ3n) is 4.77. The summed E-state index contributed by atoms with van der Waals surface area (Å²) in [6.07, 6.45) is 2.50. The number of nitro groups is 1. The van der Waals surface area contributed by atoms with E-state index in [0.717, 1.165) is 25.3 Å². The summed E-state index contributed by atoms with van der Waals surface area (Å²) in [6.45, 7) is 0.805. The first-order valence-corrected chi connectivity index (χ1v) is 11.0. The predicted molar refractivity (Wildman–Crippen MR) is 112 cm³/mol. The maximum atomic E-state index is 13.0. The minimum absolute atomic E-state index is 0.0186. The van der Waals surface area contributed by atoms with Crippen LogP contribution in [0.25, 0.3) is 0 Å². The van der Waals surface area contributed by atoms with Gasteiger partial charge >= 0.3 is 0 Å². The van der Waals surface area contributed by atoms with E-state index in [0.29, 0.717) is 13.1 Å². The van der Waals surface area contributed by atoms with Gasteiger partial charge in [-0.25, -0.2) is 8.42 Å². The van der Waals surface area contributed by atoms with E-state index in [-0.39, 0.29) is 32.6 Å². The van der Waals surface area contributed by atoms with Crippen molar-refractivity contribution in [2.45, 2.75) is 24.2 Å². The van der Waals surface area contributed by atoms with Crippen molar-refractivity contribution in [1.82, 2.24) is 4.31 Å². The van der Waals surface area contributed by atoms with Gasteiger partial charge in [0, 0.05) is 30.8 Å². The number of halogens is 1. The van der Waals surface area contributed by atoms with Crippen LogP contribution in [0.15, 0.2) is 41.3 Å². The number of sulfonamides is 1. The molecule has 3 rings (SSSR count). The Morgan fingerprint density at radius 3 is 2.50 bits per heavy atom. The lowest BCUT2D eigenvalue weighted by Crippen LogP contribution is -2.35. The van der Waals surface area contributed by atoms with E-state index in [4.69, 9.17) is 16.3 Å². The second kappa shape index (κ2) is 8.99. The molecule has 1 saturated heterocycles. The zero-order valence-corrected chi connectivity index (χ0v) is 17.7. The molecule has 1 fully saturated rings. The maximum absolute atomic E-state index is 13.0. The van der Waals surface area contributed by atoms with Crippen LogP contribution in [0.3, 0.4) is 0 Å². The van der Waals surface area contributed by atoms with E-state index >= 15 is 0 Å². The number of rotatable bonds is 6. The van der Waals surface area contributed by atoms with Crippen LogP contribution in [0.5, 0.6) is 5.75 Å². The number of nitro benzene ring substituents is 1. The van der Waals surface area contributed by atoms with Gasteiger partial charge in [0.05, 0.1) is 22.7 Å². The summed E-state index contributed by atoms with van der Waals surface area (Å²) in [6, 6.07) is 7.72. The van der Waals surface area contributed by atoms with Crippen molar-refractivity contribution in [2.75, 3.05) is 25.5 Å². The topological polar surface area (TPSA) is 119 Å². The Hall–Kier alpha value is -2.69. The van der Waals surface area contributed by atoms with E-state index in [1.807, 2.05) is 0 Å². The van der Waals surface area contributed by atoms with Gasteiger partial charge < -0.3 is 10.1 Å². The van der Waals surface area contributed by atoms with Crippen LogP contribution in [0.4, 0.5) is 11.4 Å². The molecule has 2 aromatic carbocycles. The quantitative estimate of drug-likeness (QED) is 0.526. The van der Waals surface area contributed by atoms with Gasteiger partial charge in [-0.3, -0.25) is 14.9 Å². The molecule has 1 aliphatic rings. The lowest BCUT2D eigenvalue weighted by Gasteiger charge is -2.26. The molecule has 9 nitrogen and oxygen atoms in total. The van der Waals surface area contributed by atoms with E-state index in [1.165, 1.54) is 41.7 Å². The van der Waals surface area contributed by atoms with Crippen molar-refractivity contribution in [1.29, 1.82) is 0 Å². The SMILES string of the molecule is COc1ccc([N+](=O)[O-])cc1NC(=O)c1ccc(Cl)c(S(=O)(=O)N2CCCCC2)c1. The van der Waals surface area contributed by atoms with Crippen LogP contribution in [0.1, 0.15) is 29.6 Å². The van der Waals surface area contributed by atoms with Crippen molar-refractivity contribution in [2.24, 2.45) is 0 Å². The molecule has 2 aromatic rings. The number of benzene rings is 2. The molecule has 0 bridgehead atoms. The predicted octanol–water partition coefficient (Wildman–Crippen LogP) is 3.68. The van der Waals surface area contributed by atoms with Crippen molar-refractivity contribution >= 4 is 38.9 Å². The standard InChI is InChI=1S/C19H20ClN3O6S/c1-29-17-8-6-14(23(25)26)12-16(17)21-19(24)13-5-7-15(20)18(11-13)30(27,28)22-9-3-2-4-10-22/h5-8,11-12H,2-4,9-10H2,1H3,(H,21,24). The van der Waals surface area contributed by atoms with E-state index in [9.17, 15) is 23.3 Å². The summed E-state index contributed by atoms with van der Waals surface area (Å²) in [7, 11) is -2.48. The molecule has 160 valence electrons. The Bertz CT molecular complexity index is 1080. The number of piperidine rings is 1. The Labute approximate surface area is 178 Å². The highest BCUT2D eigenvalue weighted by Gasteiger charge is 2.29. The first kappa shape index (κ1) is 22.0. The molecule has 0 spiro atoms. The largest absolute Gasteiger partial charge is 0.495 e. The van der Waals surface area contributed by atoms with E-state index in [2.05, 4.69) is 5.32 Å².